The molecular formula is C10H17NO2. The van der Waals surface area contributed by atoms with Crippen LogP contribution in [-0.4, -0.2) is 25.7 Å². The van der Waals surface area contributed by atoms with Gasteiger partial charge < -0.3 is 10.1 Å². The molecular weight excluding hydrogens is 166 g/mol. The standard InChI is InChI=1S/C10H17NO2/c12-10(13-7-8-1-2-8)9-3-5-11-6-4-9/h8-9,11H,1-7H2. The highest BCUT2D eigenvalue weighted by Gasteiger charge is 2.26. The second-order valence-corrected chi connectivity index (χ2v) is 4.10. The van der Waals surface area contributed by atoms with Gasteiger partial charge in [-0.2, -0.15) is 0 Å². The summed E-state index contributed by atoms with van der Waals surface area (Å²) in [5.74, 6) is 0.888. The van der Waals surface area contributed by atoms with Gasteiger partial charge in [0.15, 0.2) is 0 Å². The van der Waals surface area contributed by atoms with Gasteiger partial charge in [0.1, 0.15) is 0 Å². The lowest BCUT2D eigenvalue weighted by Crippen LogP contribution is -2.33. The van der Waals surface area contributed by atoms with Gasteiger partial charge in [0.25, 0.3) is 0 Å². The summed E-state index contributed by atoms with van der Waals surface area (Å²) < 4.78 is 5.24. The molecule has 1 saturated carbocycles. The van der Waals surface area contributed by atoms with Gasteiger partial charge in [-0.15, -0.1) is 0 Å². The van der Waals surface area contributed by atoms with Crippen molar-refractivity contribution in [1.29, 1.82) is 0 Å². The van der Waals surface area contributed by atoms with Gasteiger partial charge in [-0.1, -0.05) is 0 Å². The molecule has 3 nitrogen and oxygen atoms in total. The van der Waals surface area contributed by atoms with E-state index in [-0.39, 0.29) is 11.9 Å². The molecule has 0 aromatic heterocycles. The maximum atomic E-state index is 11.5. The molecule has 13 heavy (non-hydrogen) atoms. The zero-order valence-corrected chi connectivity index (χ0v) is 7.92. The predicted octanol–water partition coefficient (Wildman–Crippen LogP) is 0.939. The lowest BCUT2D eigenvalue weighted by atomic mass is 9.99. The van der Waals surface area contributed by atoms with Crippen LogP contribution < -0.4 is 5.32 Å². The van der Waals surface area contributed by atoms with E-state index in [1.165, 1.54) is 12.8 Å². The van der Waals surface area contributed by atoms with Crippen LogP contribution in [0.4, 0.5) is 0 Å². The number of rotatable bonds is 3. The van der Waals surface area contributed by atoms with Gasteiger partial charge in [0.2, 0.25) is 0 Å². The van der Waals surface area contributed by atoms with E-state index in [0.717, 1.165) is 25.9 Å². The highest BCUT2D eigenvalue weighted by molar-refractivity contribution is 5.72. The molecule has 1 aliphatic heterocycles. The summed E-state index contributed by atoms with van der Waals surface area (Å²) in [7, 11) is 0. The number of ether oxygens (including phenoxy) is 1. The van der Waals surface area contributed by atoms with Gasteiger partial charge in [0, 0.05) is 0 Å². The molecule has 1 saturated heterocycles. The van der Waals surface area contributed by atoms with E-state index in [9.17, 15) is 4.79 Å². The Morgan fingerprint density at radius 1 is 1.23 bits per heavy atom. The minimum Gasteiger partial charge on any atom is -0.465 e. The van der Waals surface area contributed by atoms with Crippen molar-refractivity contribution in [3.63, 3.8) is 0 Å². The van der Waals surface area contributed by atoms with Crippen LogP contribution in [-0.2, 0) is 9.53 Å². The Morgan fingerprint density at radius 2 is 1.92 bits per heavy atom. The summed E-state index contributed by atoms with van der Waals surface area (Å²) in [5, 5.41) is 3.24. The molecule has 0 unspecified atom stereocenters. The van der Waals surface area contributed by atoms with Crippen LogP contribution in [0.25, 0.3) is 0 Å². The number of carbonyl (C=O) groups excluding carboxylic acids is 1. The molecule has 2 rings (SSSR count). The minimum absolute atomic E-state index is 0.0356. The maximum Gasteiger partial charge on any atom is 0.309 e. The Hall–Kier alpha value is -0.570. The van der Waals surface area contributed by atoms with Crippen LogP contribution in [0.2, 0.25) is 0 Å². The average molecular weight is 183 g/mol. The van der Waals surface area contributed by atoms with Crippen LogP contribution in [0.3, 0.4) is 0 Å². The van der Waals surface area contributed by atoms with Crippen molar-refractivity contribution in [3.05, 3.63) is 0 Å². The second kappa shape index (κ2) is 4.09. The van der Waals surface area contributed by atoms with Crippen LogP contribution in [0.1, 0.15) is 25.7 Å². The molecule has 0 aromatic carbocycles. The van der Waals surface area contributed by atoms with E-state index in [2.05, 4.69) is 5.32 Å². The fraction of sp³-hybridized carbons (Fsp3) is 0.900. The first kappa shape index (κ1) is 9.00. The summed E-state index contributed by atoms with van der Waals surface area (Å²) in [4.78, 5) is 11.5. The molecule has 0 radical (unpaired) electrons. The van der Waals surface area contributed by atoms with Crippen molar-refractivity contribution in [2.24, 2.45) is 11.8 Å². The third kappa shape index (κ3) is 2.69. The van der Waals surface area contributed by atoms with Crippen LogP contribution in [0, 0.1) is 11.8 Å². The molecule has 2 fully saturated rings. The number of nitrogens with one attached hydrogen (secondary N) is 1. The number of esters is 1. The van der Waals surface area contributed by atoms with Crippen LogP contribution in [0.15, 0.2) is 0 Å². The molecule has 3 heteroatoms. The molecule has 0 bridgehead atoms. The third-order valence-electron chi connectivity index (χ3n) is 2.83. The van der Waals surface area contributed by atoms with Gasteiger partial charge >= 0.3 is 5.97 Å². The first-order chi connectivity index (χ1) is 6.36. The van der Waals surface area contributed by atoms with Crippen molar-refractivity contribution < 1.29 is 9.53 Å². The number of piperidine rings is 1. The second-order valence-electron chi connectivity index (χ2n) is 4.10. The summed E-state index contributed by atoms with van der Waals surface area (Å²) in [5.41, 5.74) is 0. The summed E-state index contributed by atoms with van der Waals surface area (Å²) in [6.07, 6.45) is 4.39. The van der Waals surface area contributed by atoms with Crippen molar-refractivity contribution in [3.8, 4) is 0 Å². The van der Waals surface area contributed by atoms with Gasteiger partial charge in [-0.25, -0.2) is 0 Å². The van der Waals surface area contributed by atoms with E-state index in [4.69, 9.17) is 4.74 Å². The van der Waals surface area contributed by atoms with Crippen LogP contribution in [0.5, 0.6) is 0 Å². The van der Waals surface area contributed by atoms with Crippen LogP contribution >= 0.6 is 0 Å². The fourth-order valence-electron chi connectivity index (χ4n) is 1.66. The Labute approximate surface area is 78.8 Å². The van der Waals surface area contributed by atoms with E-state index >= 15 is 0 Å². The summed E-state index contributed by atoms with van der Waals surface area (Å²) in [6, 6.07) is 0. The maximum absolute atomic E-state index is 11.5. The quantitative estimate of drug-likeness (QED) is 0.662. The SMILES string of the molecule is O=C(OCC1CC1)C1CCNCC1. The monoisotopic (exact) mass is 183 g/mol. The van der Waals surface area contributed by atoms with Crippen molar-refractivity contribution in [2.45, 2.75) is 25.7 Å². The first-order valence-corrected chi connectivity index (χ1v) is 5.23. The van der Waals surface area contributed by atoms with E-state index < -0.39 is 0 Å². The highest BCUT2D eigenvalue weighted by Crippen LogP contribution is 2.29. The first-order valence-electron chi connectivity index (χ1n) is 5.23. The zero-order valence-electron chi connectivity index (χ0n) is 7.92. The number of carbonyl (C=O) groups is 1. The summed E-state index contributed by atoms with van der Waals surface area (Å²) >= 11 is 0. The average Bonchev–Trinajstić information content (AvgIpc) is 2.99. The highest BCUT2D eigenvalue weighted by atomic mass is 16.5. The fourth-order valence-corrected chi connectivity index (χ4v) is 1.66. The molecule has 74 valence electrons. The van der Waals surface area contributed by atoms with Crippen molar-refractivity contribution in [1.82, 2.24) is 5.32 Å². The Kier molecular flexibility index (Phi) is 2.83. The largest absolute Gasteiger partial charge is 0.465 e. The molecule has 0 atom stereocenters. The molecule has 0 aromatic rings. The van der Waals surface area contributed by atoms with Crippen molar-refractivity contribution >= 4 is 5.97 Å². The van der Waals surface area contributed by atoms with Gasteiger partial charge in [0.05, 0.1) is 12.5 Å². The Morgan fingerprint density at radius 3 is 2.54 bits per heavy atom. The lowest BCUT2D eigenvalue weighted by Gasteiger charge is -2.20. The Bertz CT molecular complexity index is 183. The molecule has 0 amide bonds. The molecule has 0 spiro atoms. The van der Waals surface area contributed by atoms with Crippen molar-refractivity contribution in [2.75, 3.05) is 19.7 Å². The Balaban J connectivity index is 1.67. The van der Waals surface area contributed by atoms with E-state index in [1.807, 2.05) is 0 Å². The zero-order chi connectivity index (χ0) is 9.10. The summed E-state index contributed by atoms with van der Waals surface area (Å²) in [6.45, 7) is 2.59. The molecule has 2 aliphatic rings. The number of hydrogen-bond acceptors (Lipinski definition) is 3. The topological polar surface area (TPSA) is 38.3 Å². The van der Waals surface area contributed by atoms with Gasteiger partial charge in [-0.05, 0) is 44.7 Å². The molecule has 1 N–H and O–H groups in total. The minimum atomic E-state index is 0.0356. The third-order valence-corrected chi connectivity index (χ3v) is 2.83. The predicted molar refractivity (Wildman–Crippen MR) is 49.3 cm³/mol. The molecule has 1 heterocycles. The smallest absolute Gasteiger partial charge is 0.309 e. The molecule has 1 aliphatic carbocycles. The van der Waals surface area contributed by atoms with E-state index in [0.29, 0.717) is 12.5 Å². The van der Waals surface area contributed by atoms with Gasteiger partial charge in [-0.3, -0.25) is 4.79 Å². The normalized spacial score (nSPS) is 24.3. The lowest BCUT2D eigenvalue weighted by molar-refractivity contribution is -0.149. The number of hydrogen-bond donors (Lipinski definition) is 1. The van der Waals surface area contributed by atoms with E-state index in [1.54, 1.807) is 0 Å².